The zero-order valence-electron chi connectivity index (χ0n) is 9.85. The normalized spacial score (nSPS) is 17.5. The van der Waals surface area contributed by atoms with E-state index in [9.17, 15) is 5.11 Å². The standard InChI is InChI=1S/C13H10O.CH2O3S/c14-12-8-7-10-4-1-3-9-5-2-6-11(12)13(9)10;2-1-5(3)4/h1-8,12,14H;1H,(H,3,4)/p-1. The summed E-state index contributed by atoms with van der Waals surface area (Å²) in [7, 11) is 0. The van der Waals surface area contributed by atoms with E-state index < -0.39 is 17.2 Å². The fourth-order valence-corrected chi connectivity index (χ4v) is 2.08. The summed E-state index contributed by atoms with van der Waals surface area (Å²) in [6.07, 6.45) is 3.37. The van der Waals surface area contributed by atoms with Crippen LogP contribution in [0.2, 0.25) is 0 Å². The zero-order chi connectivity index (χ0) is 13.8. The van der Waals surface area contributed by atoms with Crippen LogP contribution in [0.25, 0.3) is 16.8 Å². The molecule has 3 rings (SSSR count). The van der Waals surface area contributed by atoms with E-state index in [1.54, 1.807) is 0 Å². The second kappa shape index (κ2) is 5.88. The summed E-state index contributed by atoms with van der Waals surface area (Å²) < 4.78 is 18.0. The summed E-state index contributed by atoms with van der Waals surface area (Å²) in [5.74, 6) is 0. The largest absolute Gasteiger partial charge is 0.766 e. The summed E-state index contributed by atoms with van der Waals surface area (Å²) in [6.45, 7) is 0. The van der Waals surface area contributed by atoms with Gasteiger partial charge in [-0.15, -0.1) is 0 Å². The molecule has 1 N–H and O–H groups in total. The van der Waals surface area contributed by atoms with Gasteiger partial charge in [0.05, 0.1) is 6.10 Å². The third-order valence-electron chi connectivity index (χ3n) is 2.82. The number of rotatable bonds is 1. The maximum Gasteiger partial charge on any atom is 0.192 e. The van der Waals surface area contributed by atoms with Crippen molar-refractivity contribution < 1.29 is 18.7 Å². The highest BCUT2D eigenvalue weighted by molar-refractivity contribution is 7.93. The van der Waals surface area contributed by atoms with Crippen LogP contribution < -0.4 is 0 Å². The quantitative estimate of drug-likeness (QED) is 0.637. The molecule has 4 nitrogen and oxygen atoms in total. The lowest BCUT2D eigenvalue weighted by Crippen LogP contribution is -1.99. The minimum atomic E-state index is -2.50. The van der Waals surface area contributed by atoms with Gasteiger partial charge in [-0.25, -0.2) is 0 Å². The van der Waals surface area contributed by atoms with Crippen LogP contribution in [0.4, 0.5) is 0 Å². The maximum atomic E-state index is 9.79. The van der Waals surface area contributed by atoms with Gasteiger partial charge in [0, 0.05) is 11.1 Å². The molecule has 2 aromatic rings. The summed E-state index contributed by atoms with van der Waals surface area (Å²) in [6, 6.07) is 12.3. The van der Waals surface area contributed by atoms with Crippen molar-refractivity contribution >= 4 is 33.5 Å². The van der Waals surface area contributed by atoms with Crippen molar-refractivity contribution in [3.63, 3.8) is 0 Å². The molecule has 2 atom stereocenters. The molecule has 98 valence electrons. The molecule has 0 fully saturated rings. The fourth-order valence-electron chi connectivity index (χ4n) is 2.08. The molecule has 5 heteroatoms. The van der Waals surface area contributed by atoms with E-state index in [4.69, 9.17) is 13.6 Å². The topological polar surface area (TPSA) is 77.4 Å². The van der Waals surface area contributed by atoms with Gasteiger partial charge in [0.15, 0.2) is 5.62 Å². The third-order valence-corrected chi connectivity index (χ3v) is 2.98. The Kier molecular flexibility index (Phi) is 4.21. The number of carbonyl (C=O) groups is 1. The number of hydrogen-bond donors (Lipinski definition) is 1. The van der Waals surface area contributed by atoms with Gasteiger partial charge in [0.25, 0.3) is 0 Å². The van der Waals surface area contributed by atoms with Crippen molar-refractivity contribution in [3.8, 4) is 0 Å². The summed E-state index contributed by atoms with van der Waals surface area (Å²) >= 11 is -2.50. The van der Waals surface area contributed by atoms with E-state index in [0.717, 1.165) is 5.56 Å². The Balaban J connectivity index is 0.000000232. The molecule has 0 heterocycles. The molecule has 0 saturated carbocycles. The molecule has 1 aliphatic carbocycles. The average Bonchev–Trinajstić information content (AvgIpc) is 2.44. The Morgan fingerprint density at radius 1 is 1.21 bits per heavy atom. The minimum absolute atomic E-state index is 0.167. The van der Waals surface area contributed by atoms with Gasteiger partial charge in [0.1, 0.15) is 0 Å². The van der Waals surface area contributed by atoms with Crippen LogP contribution in [-0.2, 0) is 15.9 Å². The van der Waals surface area contributed by atoms with Gasteiger partial charge in [-0.05, 0) is 21.9 Å². The molecular formula is C14H11O4S-. The van der Waals surface area contributed by atoms with Gasteiger partial charge >= 0.3 is 0 Å². The number of carbonyl (C=O) groups excluding carboxylic acids is 1. The van der Waals surface area contributed by atoms with Crippen LogP contribution in [0.5, 0.6) is 0 Å². The SMILES string of the molecule is O=CS(=O)[O-].OC1C=Cc2cccc3cccc1c23. The van der Waals surface area contributed by atoms with Gasteiger partial charge < -0.3 is 9.66 Å². The van der Waals surface area contributed by atoms with Gasteiger partial charge in [0.2, 0.25) is 0 Å². The highest BCUT2D eigenvalue weighted by Gasteiger charge is 2.13. The van der Waals surface area contributed by atoms with Crippen LogP contribution in [0, 0.1) is 0 Å². The lowest BCUT2D eigenvalue weighted by molar-refractivity contribution is 0.230. The van der Waals surface area contributed by atoms with Crippen LogP contribution >= 0.6 is 0 Å². The van der Waals surface area contributed by atoms with Crippen LogP contribution in [-0.4, -0.2) is 19.5 Å². The van der Waals surface area contributed by atoms with E-state index in [1.165, 1.54) is 16.3 Å². The Hall–Kier alpha value is -1.82. The van der Waals surface area contributed by atoms with E-state index in [2.05, 4.69) is 18.2 Å². The van der Waals surface area contributed by atoms with Crippen LogP contribution in [0.1, 0.15) is 17.2 Å². The molecule has 1 aliphatic rings. The first kappa shape index (κ1) is 13.6. The average molecular weight is 275 g/mol. The molecule has 2 aromatic carbocycles. The molecule has 0 spiro atoms. The first-order valence-electron chi connectivity index (χ1n) is 5.54. The smallest absolute Gasteiger partial charge is 0.192 e. The van der Waals surface area contributed by atoms with E-state index in [-0.39, 0.29) is 5.62 Å². The minimum Gasteiger partial charge on any atom is -0.766 e. The maximum absolute atomic E-state index is 9.79. The molecule has 2 unspecified atom stereocenters. The molecular weight excluding hydrogens is 264 g/mol. The summed E-state index contributed by atoms with van der Waals surface area (Å²) in [5.41, 5.74) is 2.05. The van der Waals surface area contributed by atoms with Crippen molar-refractivity contribution in [3.05, 3.63) is 53.6 Å². The monoisotopic (exact) mass is 275 g/mol. The van der Waals surface area contributed by atoms with Crippen molar-refractivity contribution in [1.29, 1.82) is 0 Å². The van der Waals surface area contributed by atoms with Crippen molar-refractivity contribution in [1.82, 2.24) is 0 Å². The lowest BCUT2D eigenvalue weighted by Gasteiger charge is -2.16. The lowest BCUT2D eigenvalue weighted by atomic mass is 9.92. The van der Waals surface area contributed by atoms with Crippen molar-refractivity contribution in [2.45, 2.75) is 6.10 Å². The third kappa shape index (κ3) is 2.96. The summed E-state index contributed by atoms with van der Waals surface area (Å²) in [4.78, 5) is 8.89. The van der Waals surface area contributed by atoms with Crippen LogP contribution in [0.15, 0.2) is 42.5 Å². The second-order valence-electron chi connectivity index (χ2n) is 3.95. The molecule has 0 amide bonds. The highest BCUT2D eigenvalue weighted by atomic mass is 32.2. The number of benzene rings is 2. The molecule has 0 aromatic heterocycles. The molecule has 19 heavy (non-hydrogen) atoms. The summed E-state index contributed by atoms with van der Waals surface area (Å²) in [5, 5.41) is 12.2. The number of hydrogen-bond acceptors (Lipinski definition) is 4. The van der Waals surface area contributed by atoms with E-state index in [0.29, 0.717) is 0 Å². The molecule has 0 radical (unpaired) electrons. The predicted octanol–water partition coefficient (Wildman–Crippen LogP) is 1.96. The number of aliphatic hydroxyl groups is 1. The Morgan fingerprint density at radius 3 is 2.47 bits per heavy atom. The van der Waals surface area contributed by atoms with Gasteiger partial charge in [-0.2, -0.15) is 0 Å². The van der Waals surface area contributed by atoms with Gasteiger partial charge in [-0.3, -0.25) is 9.00 Å². The Morgan fingerprint density at radius 2 is 1.84 bits per heavy atom. The number of aliphatic hydroxyl groups excluding tert-OH is 1. The first-order valence-corrected chi connectivity index (χ1v) is 6.68. The highest BCUT2D eigenvalue weighted by Crippen LogP contribution is 2.32. The Bertz CT molecular complexity index is 658. The van der Waals surface area contributed by atoms with Crippen molar-refractivity contribution in [2.75, 3.05) is 0 Å². The second-order valence-corrected chi connectivity index (χ2v) is 4.67. The zero-order valence-corrected chi connectivity index (χ0v) is 10.7. The first-order chi connectivity index (χ1) is 9.13. The van der Waals surface area contributed by atoms with Crippen LogP contribution in [0.3, 0.4) is 0 Å². The van der Waals surface area contributed by atoms with Crippen molar-refractivity contribution in [2.24, 2.45) is 0 Å². The predicted molar refractivity (Wildman–Crippen MR) is 73.6 cm³/mol. The molecule has 0 saturated heterocycles. The Labute approximate surface area is 112 Å². The van der Waals surface area contributed by atoms with E-state index in [1.807, 2.05) is 30.4 Å². The fraction of sp³-hybridized carbons (Fsp3) is 0.0714. The molecule has 0 aliphatic heterocycles. The molecule has 0 bridgehead atoms. The van der Waals surface area contributed by atoms with E-state index >= 15 is 0 Å². The van der Waals surface area contributed by atoms with Gasteiger partial charge in [-0.1, -0.05) is 48.6 Å².